The van der Waals surface area contributed by atoms with Crippen molar-refractivity contribution in [1.82, 2.24) is 20.4 Å². The van der Waals surface area contributed by atoms with Crippen molar-refractivity contribution in [3.05, 3.63) is 52.3 Å². The van der Waals surface area contributed by atoms with Gasteiger partial charge in [-0.15, -0.1) is 0 Å². The first-order valence-electron chi connectivity index (χ1n) is 7.92. The summed E-state index contributed by atoms with van der Waals surface area (Å²) in [6.07, 6.45) is -0.344. The van der Waals surface area contributed by atoms with Crippen LogP contribution in [-0.4, -0.2) is 53.1 Å². The lowest BCUT2D eigenvalue weighted by atomic mass is 10.2. The number of nitrogens with zero attached hydrogens (tertiary/aromatic N) is 2. The molecule has 2 aromatic rings. The predicted octanol–water partition coefficient (Wildman–Crippen LogP) is 0.0829. The van der Waals surface area contributed by atoms with E-state index in [-0.39, 0.29) is 37.1 Å². The summed E-state index contributed by atoms with van der Waals surface area (Å²) in [7, 11) is 0. The van der Waals surface area contributed by atoms with E-state index in [1.54, 1.807) is 29.2 Å². The maximum absolute atomic E-state index is 12.3. The largest absolute Gasteiger partial charge is 0.438 e. The number of morpholine rings is 1. The van der Waals surface area contributed by atoms with E-state index in [9.17, 15) is 14.4 Å². The lowest BCUT2D eigenvalue weighted by molar-refractivity contribution is -0.139. The molecule has 1 aromatic heterocycles. The number of aromatic amines is 1. The van der Waals surface area contributed by atoms with Gasteiger partial charge in [0.1, 0.15) is 6.10 Å². The topological polar surface area (TPSA) is 118 Å². The molecule has 9 nitrogen and oxygen atoms in total. The Bertz CT molecular complexity index is 785. The van der Waals surface area contributed by atoms with Crippen LogP contribution in [0.3, 0.4) is 0 Å². The van der Waals surface area contributed by atoms with Crippen molar-refractivity contribution in [2.45, 2.75) is 12.5 Å². The zero-order valence-corrected chi connectivity index (χ0v) is 13.4. The molecule has 0 bridgehead atoms. The molecule has 0 radical (unpaired) electrons. The number of carbonyl (C=O) groups excluding carboxylic acids is 2. The van der Waals surface area contributed by atoms with Gasteiger partial charge in [0.2, 0.25) is 5.91 Å². The third-order valence-corrected chi connectivity index (χ3v) is 3.84. The summed E-state index contributed by atoms with van der Waals surface area (Å²) in [4.78, 5) is 39.3. The lowest BCUT2D eigenvalue weighted by Crippen LogP contribution is -2.43. The van der Waals surface area contributed by atoms with Gasteiger partial charge >= 0.3 is 5.76 Å². The van der Waals surface area contributed by atoms with Gasteiger partial charge in [0.15, 0.2) is 5.82 Å². The van der Waals surface area contributed by atoms with Gasteiger partial charge in [0, 0.05) is 25.1 Å². The highest BCUT2D eigenvalue weighted by Gasteiger charge is 2.27. The average Bonchev–Trinajstić information content (AvgIpc) is 3.09. The molecule has 1 saturated heterocycles. The number of rotatable bonds is 5. The Kier molecular flexibility index (Phi) is 5.24. The number of hydrogen-bond acceptors (Lipinski definition) is 6. The first-order chi connectivity index (χ1) is 12.1. The minimum atomic E-state index is -0.661. The number of H-pyrrole nitrogens is 1. The SMILES string of the molecule is O=C(NCCC(=O)N1CCOC(c2noc(=O)[nH]2)C1)c1ccccc1. The molecule has 1 aromatic carbocycles. The molecule has 1 atom stereocenters. The smallest absolute Gasteiger partial charge is 0.366 e. The van der Waals surface area contributed by atoms with Crippen LogP contribution in [0.15, 0.2) is 39.6 Å². The van der Waals surface area contributed by atoms with Crippen molar-refractivity contribution < 1.29 is 18.8 Å². The standard InChI is InChI=1S/C16H18N4O5/c21-13(6-7-17-15(22)11-4-2-1-3-5-11)20-8-9-24-12(10-20)14-18-16(23)25-19-14/h1-5,12H,6-10H2,(H,17,22)(H,18,19,23). The summed E-state index contributed by atoms with van der Waals surface area (Å²) in [6.45, 7) is 1.30. The van der Waals surface area contributed by atoms with Gasteiger partial charge in [0.05, 0.1) is 13.2 Å². The Morgan fingerprint density at radius 2 is 2.12 bits per heavy atom. The van der Waals surface area contributed by atoms with E-state index in [1.165, 1.54) is 0 Å². The van der Waals surface area contributed by atoms with Crippen molar-refractivity contribution in [2.75, 3.05) is 26.2 Å². The van der Waals surface area contributed by atoms with E-state index in [2.05, 4.69) is 20.0 Å². The second-order valence-corrected chi connectivity index (χ2v) is 5.55. The molecular weight excluding hydrogens is 328 g/mol. The summed E-state index contributed by atoms with van der Waals surface area (Å²) in [5.74, 6) is -0.716. The van der Waals surface area contributed by atoms with E-state index in [1.807, 2.05) is 6.07 Å². The number of carbonyl (C=O) groups is 2. The van der Waals surface area contributed by atoms with Crippen LogP contribution in [0.1, 0.15) is 28.7 Å². The Hall–Kier alpha value is -2.94. The number of hydrogen-bond donors (Lipinski definition) is 2. The zero-order chi connectivity index (χ0) is 17.6. The van der Waals surface area contributed by atoms with Crippen molar-refractivity contribution in [3.8, 4) is 0 Å². The van der Waals surface area contributed by atoms with E-state index in [4.69, 9.17) is 4.74 Å². The average molecular weight is 346 g/mol. The van der Waals surface area contributed by atoms with Crippen LogP contribution in [0.5, 0.6) is 0 Å². The molecule has 0 spiro atoms. The fourth-order valence-corrected chi connectivity index (χ4v) is 2.55. The second kappa shape index (κ2) is 7.75. The van der Waals surface area contributed by atoms with Gasteiger partial charge < -0.3 is 15.0 Å². The Morgan fingerprint density at radius 3 is 2.84 bits per heavy atom. The van der Waals surface area contributed by atoms with Gasteiger partial charge in [-0.25, -0.2) is 4.79 Å². The van der Waals surface area contributed by atoms with E-state index < -0.39 is 11.9 Å². The minimum Gasteiger partial charge on any atom is -0.366 e. The first kappa shape index (κ1) is 16.9. The quantitative estimate of drug-likeness (QED) is 0.792. The van der Waals surface area contributed by atoms with Gasteiger partial charge in [0.25, 0.3) is 5.91 Å². The molecule has 2 amide bonds. The monoisotopic (exact) mass is 346 g/mol. The van der Waals surface area contributed by atoms with Gasteiger partial charge in [-0.3, -0.25) is 19.1 Å². The molecule has 1 aliphatic rings. The number of aromatic nitrogens is 2. The molecule has 9 heteroatoms. The van der Waals surface area contributed by atoms with Crippen LogP contribution in [0.2, 0.25) is 0 Å². The Labute approximate surface area is 142 Å². The summed E-state index contributed by atoms with van der Waals surface area (Å²) < 4.78 is 9.96. The van der Waals surface area contributed by atoms with E-state index in [0.29, 0.717) is 18.7 Å². The van der Waals surface area contributed by atoms with Crippen LogP contribution < -0.4 is 11.1 Å². The highest BCUT2D eigenvalue weighted by molar-refractivity contribution is 5.94. The first-order valence-corrected chi connectivity index (χ1v) is 7.92. The zero-order valence-electron chi connectivity index (χ0n) is 13.4. The van der Waals surface area contributed by atoms with Gasteiger partial charge in [-0.2, -0.15) is 0 Å². The van der Waals surface area contributed by atoms with E-state index in [0.717, 1.165) is 0 Å². The van der Waals surface area contributed by atoms with Crippen LogP contribution in [-0.2, 0) is 9.53 Å². The maximum atomic E-state index is 12.3. The van der Waals surface area contributed by atoms with Gasteiger partial charge in [-0.1, -0.05) is 23.4 Å². The molecule has 3 rings (SSSR count). The Morgan fingerprint density at radius 1 is 1.32 bits per heavy atom. The fraction of sp³-hybridized carbons (Fsp3) is 0.375. The van der Waals surface area contributed by atoms with Crippen molar-refractivity contribution in [3.63, 3.8) is 0 Å². The number of nitrogens with one attached hydrogen (secondary N) is 2. The van der Waals surface area contributed by atoms with Crippen molar-refractivity contribution >= 4 is 11.8 Å². The highest BCUT2D eigenvalue weighted by atomic mass is 16.5. The summed E-state index contributed by atoms with van der Waals surface area (Å²) >= 11 is 0. The Balaban J connectivity index is 1.48. The second-order valence-electron chi connectivity index (χ2n) is 5.55. The molecule has 1 aliphatic heterocycles. The summed E-state index contributed by atoms with van der Waals surface area (Å²) in [5.41, 5.74) is 0.552. The number of ether oxygens (including phenoxy) is 1. The normalized spacial score (nSPS) is 17.3. The molecule has 0 saturated carbocycles. The van der Waals surface area contributed by atoms with Crippen molar-refractivity contribution in [2.24, 2.45) is 0 Å². The number of amides is 2. The molecule has 0 aliphatic carbocycles. The lowest BCUT2D eigenvalue weighted by Gasteiger charge is -2.31. The minimum absolute atomic E-state index is 0.104. The van der Waals surface area contributed by atoms with Crippen LogP contribution in [0.25, 0.3) is 0 Å². The fourth-order valence-electron chi connectivity index (χ4n) is 2.55. The van der Waals surface area contributed by atoms with Crippen molar-refractivity contribution in [1.29, 1.82) is 0 Å². The van der Waals surface area contributed by atoms with Gasteiger partial charge in [-0.05, 0) is 12.1 Å². The molecule has 1 unspecified atom stereocenters. The van der Waals surface area contributed by atoms with Crippen LogP contribution in [0, 0.1) is 0 Å². The molecule has 2 N–H and O–H groups in total. The molecule has 2 heterocycles. The summed E-state index contributed by atoms with van der Waals surface area (Å²) in [6, 6.07) is 8.81. The van der Waals surface area contributed by atoms with Crippen LogP contribution >= 0.6 is 0 Å². The molecule has 132 valence electrons. The third kappa shape index (κ3) is 4.32. The molecule has 25 heavy (non-hydrogen) atoms. The highest BCUT2D eigenvalue weighted by Crippen LogP contribution is 2.18. The summed E-state index contributed by atoms with van der Waals surface area (Å²) in [5, 5.41) is 6.31. The molecular formula is C16H18N4O5. The van der Waals surface area contributed by atoms with E-state index >= 15 is 0 Å². The van der Waals surface area contributed by atoms with Crippen LogP contribution in [0.4, 0.5) is 0 Å². The third-order valence-electron chi connectivity index (χ3n) is 3.84. The molecule has 1 fully saturated rings. The number of benzene rings is 1. The predicted molar refractivity (Wildman–Crippen MR) is 85.8 cm³/mol. The maximum Gasteiger partial charge on any atom is 0.438 e.